The number of carbonyl (C=O) groups is 2. The third-order valence-corrected chi connectivity index (χ3v) is 4.58. The summed E-state index contributed by atoms with van der Waals surface area (Å²) in [5, 5.41) is 2.92. The quantitative estimate of drug-likeness (QED) is 0.619. The first-order chi connectivity index (χ1) is 10.1. The lowest BCUT2D eigenvalue weighted by molar-refractivity contribution is -0.147. The first-order valence-electron chi connectivity index (χ1n) is 6.94. The second-order valence-corrected chi connectivity index (χ2v) is 6.26. The number of nitrogens with zero attached hydrogens (tertiary/aromatic N) is 1. The van der Waals surface area contributed by atoms with Gasteiger partial charge in [0.15, 0.2) is 0 Å². The standard InChI is InChI=1S/C15H19IN2O3/c1-21-15(20)11-6-8-18(9-7-11)10-14(19)17-13-5-3-2-4-12(13)16/h2-5,11H,6-10H2,1H3,(H,17,19). The summed E-state index contributed by atoms with van der Waals surface area (Å²) in [6.45, 7) is 1.86. The summed E-state index contributed by atoms with van der Waals surface area (Å²) < 4.78 is 5.78. The molecular formula is C15H19IN2O3. The van der Waals surface area contributed by atoms with Gasteiger partial charge in [0.2, 0.25) is 5.91 Å². The van der Waals surface area contributed by atoms with Crippen molar-refractivity contribution in [1.82, 2.24) is 4.90 Å². The van der Waals surface area contributed by atoms with Gasteiger partial charge in [0.25, 0.3) is 0 Å². The Balaban J connectivity index is 1.80. The highest BCUT2D eigenvalue weighted by atomic mass is 127. The molecule has 21 heavy (non-hydrogen) atoms. The Morgan fingerprint density at radius 1 is 1.33 bits per heavy atom. The second-order valence-electron chi connectivity index (χ2n) is 5.10. The number of likely N-dealkylation sites (tertiary alicyclic amines) is 1. The number of amides is 1. The molecule has 0 radical (unpaired) electrons. The summed E-state index contributed by atoms with van der Waals surface area (Å²) in [6.07, 6.45) is 1.51. The van der Waals surface area contributed by atoms with Crippen LogP contribution in [0.15, 0.2) is 24.3 Å². The molecule has 6 heteroatoms. The molecule has 0 aliphatic carbocycles. The molecule has 1 aliphatic rings. The molecular weight excluding hydrogens is 383 g/mol. The summed E-state index contributed by atoms with van der Waals surface area (Å²) >= 11 is 2.20. The molecule has 1 fully saturated rings. The minimum atomic E-state index is -0.141. The molecule has 1 aromatic rings. The predicted molar refractivity (Wildman–Crippen MR) is 89.0 cm³/mol. The van der Waals surface area contributed by atoms with E-state index < -0.39 is 0 Å². The molecule has 1 heterocycles. The maximum absolute atomic E-state index is 12.1. The molecule has 1 amide bonds. The van der Waals surface area contributed by atoms with Gasteiger partial charge in [-0.25, -0.2) is 0 Å². The van der Waals surface area contributed by atoms with Gasteiger partial charge in [-0.05, 0) is 60.7 Å². The van der Waals surface area contributed by atoms with Crippen molar-refractivity contribution in [1.29, 1.82) is 0 Å². The Morgan fingerprint density at radius 2 is 2.00 bits per heavy atom. The Bertz CT molecular complexity index is 513. The fraction of sp³-hybridized carbons (Fsp3) is 0.467. The van der Waals surface area contributed by atoms with E-state index in [1.165, 1.54) is 7.11 Å². The van der Waals surface area contributed by atoms with Gasteiger partial charge in [-0.15, -0.1) is 0 Å². The predicted octanol–water partition coefficient (Wildman–Crippen LogP) is 2.11. The maximum Gasteiger partial charge on any atom is 0.308 e. The number of methoxy groups -OCH3 is 1. The van der Waals surface area contributed by atoms with Crippen molar-refractivity contribution in [2.24, 2.45) is 5.92 Å². The van der Waals surface area contributed by atoms with Crippen LogP contribution in [0, 0.1) is 9.49 Å². The number of halogens is 1. The van der Waals surface area contributed by atoms with E-state index in [4.69, 9.17) is 4.74 Å². The third-order valence-electron chi connectivity index (χ3n) is 3.64. The van der Waals surface area contributed by atoms with Crippen LogP contribution >= 0.6 is 22.6 Å². The van der Waals surface area contributed by atoms with Crippen molar-refractivity contribution in [2.75, 3.05) is 32.1 Å². The van der Waals surface area contributed by atoms with Crippen molar-refractivity contribution in [3.63, 3.8) is 0 Å². The molecule has 0 unspecified atom stereocenters. The number of nitrogens with one attached hydrogen (secondary N) is 1. The molecule has 0 spiro atoms. The first kappa shape index (κ1) is 16.2. The van der Waals surface area contributed by atoms with Gasteiger partial charge in [-0.2, -0.15) is 0 Å². The van der Waals surface area contributed by atoms with E-state index in [1.54, 1.807) is 0 Å². The van der Waals surface area contributed by atoms with Crippen molar-refractivity contribution in [3.8, 4) is 0 Å². The van der Waals surface area contributed by atoms with Crippen LogP contribution in [0.1, 0.15) is 12.8 Å². The molecule has 1 aliphatic heterocycles. The number of para-hydroxylation sites is 1. The zero-order valence-electron chi connectivity index (χ0n) is 12.0. The molecule has 0 saturated carbocycles. The number of ether oxygens (including phenoxy) is 1. The average Bonchev–Trinajstić information content (AvgIpc) is 2.49. The van der Waals surface area contributed by atoms with Crippen molar-refractivity contribution in [3.05, 3.63) is 27.8 Å². The van der Waals surface area contributed by atoms with Crippen molar-refractivity contribution < 1.29 is 14.3 Å². The van der Waals surface area contributed by atoms with Gasteiger partial charge in [0, 0.05) is 3.57 Å². The fourth-order valence-corrected chi connectivity index (χ4v) is 2.97. The van der Waals surface area contributed by atoms with E-state index in [0.717, 1.165) is 35.2 Å². The Morgan fingerprint density at radius 3 is 2.62 bits per heavy atom. The molecule has 1 saturated heterocycles. The van der Waals surface area contributed by atoms with Gasteiger partial charge in [-0.3, -0.25) is 14.5 Å². The van der Waals surface area contributed by atoms with E-state index in [9.17, 15) is 9.59 Å². The number of esters is 1. The minimum Gasteiger partial charge on any atom is -0.469 e. The van der Waals surface area contributed by atoms with Gasteiger partial charge < -0.3 is 10.1 Å². The number of piperidine rings is 1. The summed E-state index contributed by atoms with van der Waals surface area (Å²) in [7, 11) is 1.42. The van der Waals surface area contributed by atoms with Crippen LogP contribution in [0.25, 0.3) is 0 Å². The third kappa shape index (κ3) is 4.67. The highest BCUT2D eigenvalue weighted by molar-refractivity contribution is 14.1. The first-order valence-corrected chi connectivity index (χ1v) is 8.02. The van der Waals surface area contributed by atoms with Crippen molar-refractivity contribution in [2.45, 2.75) is 12.8 Å². The number of carbonyl (C=O) groups excluding carboxylic acids is 2. The van der Waals surface area contributed by atoms with Crippen LogP contribution in [0.3, 0.4) is 0 Å². The summed E-state index contributed by atoms with van der Waals surface area (Å²) in [6, 6.07) is 7.69. The summed E-state index contributed by atoms with van der Waals surface area (Å²) in [5.41, 5.74) is 0.840. The SMILES string of the molecule is COC(=O)C1CCN(CC(=O)Nc2ccccc2I)CC1. The van der Waals surface area contributed by atoms with E-state index in [-0.39, 0.29) is 17.8 Å². The Hall–Kier alpha value is -1.15. The lowest BCUT2D eigenvalue weighted by atomic mass is 9.97. The number of hydrogen-bond acceptors (Lipinski definition) is 4. The van der Waals surface area contributed by atoms with E-state index in [1.807, 2.05) is 24.3 Å². The van der Waals surface area contributed by atoms with E-state index >= 15 is 0 Å². The number of rotatable bonds is 4. The van der Waals surface area contributed by atoms with Gasteiger partial charge in [0.05, 0.1) is 25.3 Å². The minimum absolute atomic E-state index is 0.0179. The second kappa shape index (κ2) is 7.74. The lowest BCUT2D eigenvalue weighted by Crippen LogP contribution is -2.41. The number of hydrogen-bond donors (Lipinski definition) is 1. The van der Waals surface area contributed by atoms with Crippen LogP contribution in [-0.2, 0) is 14.3 Å². The number of anilines is 1. The lowest BCUT2D eigenvalue weighted by Gasteiger charge is -2.29. The molecule has 1 N–H and O–H groups in total. The van der Waals surface area contributed by atoms with Gasteiger partial charge in [0.1, 0.15) is 0 Å². The smallest absolute Gasteiger partial charge is 0.308 e. The normalized spacial score (nSPS) is 16.5. The van der Waals surface area contributed by atoms with Crippen LogP contribution in [0.2, 0.25) is 0 Å². The van der Waals surface area contributed by atoms with Gasteiger partial charge >= 0.3 is 5.97 Å². The molecule has 2 rings (SSSR count). The van der Waals surface area contributed by atoms with E-state index in [0.29, 0.717) is 6.54 Å². The van der Waals surface area contributed by atoms with Crippen LogP contribution in [0.4, 0.5) is 5.69 Å². The molecule has 0 atom stereocenters. The highest BCUT2D eigenvalue weighted by Gasteiger charge is 2.26. The molecule has 1 aromatic carbocycles. The molecule has 114 valence electrons. The summed E-state index contributed by atoms with van der Waals surface area (Å²) in [4.78, 5) is 25.6. The Kier molecular flexibility index (Phi) is 5.98. The fourth-order valence-electron chi connectivity index (χ4n) is 2.45. The zero-order chi connectivity index (χ0) is 15.2. The largest absolute Gasteiger partial charge is 0.469 e. The zero-order valence-corrected chi connectivity index (χ0v) is 14.1. The summed E-state index contributed by atoms with van der Waals surface area (Å²) in [5.74, 6) is -0.182. The number of benzene rings is 1. The average molecular weight is 402 g/mol. The van der Waals surface area contributed by atoms with E-state index in [2.05, 4.69) is 32.8 Å². The Labute approximate surface area is 138 Å². The topological polar surface area (TPSA) is 58.6 Å². The van der Waals surface area contributed by atoms with Crippen molar-refractivity contribution >= 4 is 40.2 Å². The molecule has 0 aromatic heterocycles. The van der Waals surface area contributed by atoms with Crippen LogP contribution in [-0.4, -0.2) is 43.5 Å². The maximum atomic E-state index is 12.1. The molecule has 0 bridgehead atoms. The monoisotopic (exact) mass is 402 g/mol. The highest BCUT2D eigenvalue weighted by Crippen LogP contribution is 2.19. The van der Waals surface area contributed by atoms with Crippen LogP contribution < -0.4 is 5.32 Å². The van der Waals surface area contributed by atoms with Gasteiger partial charge in [-0.1, -0.05) is 12.1 Å². The van der Waals surface area contributed by atoms with Crippen LogP contribution in [0.5, 0.6) is 0 Å². The molecule has 5 nitrogen and oxygen atoms in total.